The number of hydrogen-bond donors (Lipinski definition) is 4. The fourth-order valence-corrected chi connectivity index (χ4v) is 10.8. The zero-order valence-electron chi connectivity index (χ0n) is 37.9. The molecule has 10 aromatic rings. The summed E-state index contributed by atoms with van der Waals surface area (Å²) in [5.41, 5.74) is 17.3. The fourth-order valence-electron chi connectivity index (χ4n) is 9.78. The zero-order valence-corrected chi connectivity index (χ0v) is 41.5. The Balaban J connectivity index is 1.07. The molecule has 4 heteroatoms. The molecule has 0 amide bonds. The van der Waals surface area contributed by atoms with Gasteiger partial charge < -0.3 is 0 Å². The predicted molar refractivity (Wildman–Crippen MR) is 300 cm³/mol. The largest absolute Gasteiger partial charge is 0.143 e. The molecule has 0 saturated heterocycles. The van der Waals surface area contributed by atoms with Gasteiger partial charge in [-0.25, -0.2) is 0 Å². The second-order valence-electron chi connectivity index (χ2n) is 17.8. The van der Waals surface area contributed by atoms with Gasteiger partial charge in [-0.1, -0.05) is 194 Å². The summed E-state index contributed by atoms with van der Waals surface area (Å²) in [4.78, 5) is 3.77. The van der Waals surface area contributed by atoms with Crippen molar-refractivity contribution < 1.29 is 0 Å². The Labute approximate surface area is 423 Å². The SMILES string of the molecule is CC(c1ccc(-c2ccc(C(C)(c3ccc(S)c(-c4ccccc4)c3)c3ccc(S)c(-c4ccccc4)c3)cc2)cc1)(c1ccc(S)c(-c2ccccc2)c1)c1ccc(S)c(-c2ccccc2)c1. The van der Waals surface area contributed by atoms with E-state index in [0.717, 1.165) is 75.2 Å². The molecule has 0 heterocycles. The highest BCUT2D eigenvalue weighted by molar-refractivity contribution is 7.81. The second-order valence-corrected chi connectivity index (χ2v) is 19.7. The maximum Gasteiger partial charge on any atom is 0.0423 e. The average Bonchev–Trinajstić information content (AvgIpc) is 3.40. The van der Waals surface area contributed by atoms with E-state index in [4.69, 9.17) is 50.5 Å². The number of thiol groups is 4. The van der Waals surface area contributed by atoms with Crippen LogP contribution in [0.5, 0.6) is 0 Å². The Morgan fingerprint density at radius 3 is 0.647 bits per heavy atom. The van der Waals surface area contributed by atoms with Crippen LogP contribution in [0.2, 0.25) is 0 Å². The number of benzene rings is 10. The number of hydrogen-bond acceptors (Lipinski definition) is 4. The Hall–Kier alpha value is -6.40. The molecule has 0 saturated carbocycles. The molecule has 0 fully saturated rings. The van der Waals surface area contributed by atoms with Gasteiger partial charge in [0.2, 0.25) is 0 Å². The van der Waals surface area contributed by atoms with Gasteiger partial charge in [0.1, 0.15) is 0 Å². The normalized spacial score (nSPS) is 11.7. The molecular formula is C64H50S4. The first-order valence-electron chi connectivity index (χ1n) is 22.9. The van der Waals surface area contributed by atoms with E-state index in [1.807, 2.05) is 0 Å². The van der Waals surface area contributed by atoms with Crippen LogP contribution < -0.4 is 0 Å². The second kappa shape index (κ2) is 19.3. The van der Waals surface area contributed by atoms with Crippen molar-refractivity contribution >= 4 is 50.5 Å². The van der Waals surface area contributed by atoms with Crippen LogP contribution in [0.15, 0.2) is 262 Å². The summed E-state index contributed by atoms with van der Waals surface area (Å²) in [6, 6.07) is 87.2. The van der Waals surface area contributed by atoms with Crippen LogP contribution in [-0.4, -0.2) is 0 Å². The minimum absolute atomic E-state index is 0.525. The van der Waals surface area contributed by atoms with Crippen LogP contribution in [0.25, 0.3) is 55.6 Å². The lowest BCUT2D eigenvalue weighted by atomic mass is 9.69. The Morgan fingerprint density at radius 1 is 0.221 bits per heavy atom. The van der Waals surface area contributed by atoms with E-state index in [1.54, 1.807) is 0 Å². The van der Waals surface area contributed by atoms with E-state index in [2.05, 4.69) is 257 Å². The summed E-state index contributed by atoms with van der Waals surface area (Å²) in [5, 5.41) is 0. The molecule has 0 spiro atoms. The topological polar surface area (TPSA) is 0 Å². The van der Waals surface area contributed by atoms with Crippen molar-refractivity contribution in [3.63, 3.8) is 0 Å². The molecule has 10 aromatic carbocycles. The van der Waals surface area contributed by atoms with Gasteiger partial charge in [0.15, 0.2) is 0 Å². The van der Waals surface area contributed by atoms with Crippen LogP contribution in [0.3, 0.4) is 0 Å². The third kappa shape index (κ3) is 8.67. The smallest absolute Gasteiger partial charge is 0.0423 e. The van der Waals surface area contributed by atoms with Gasteiger partial charge in [-0.3, -0.25) is 0 Å². The molecular weight excluding hydrogens is 897 g/mol. The minimum Gasteiger partial charge on any atom is -0.143 e. The van der Waals surface area contributed by atoms with E-state index in [1.165, 1.54) is 33.4 Å². The van der Waals surface area contributed by atoms with Crippen molar-refractivity contribution in [2.45, 2.75) is 44.3 Å². The molecule has 0 aliphatic carbocycles. The molecule has 0 aliphatic heterocycles. The standard InChI is InChI=1S/C64H50S4/c1-63(51-31-35-59(65)55(39-51)45-15-7-3-8-16-45,52-32-36-60(66)56(40-52)46-17-9-4-10-18-46)49-27-23-43(24-28-49)44-25-29-50(30-26-44)64(2,53-33-37-61(67)57(41-53)47-19-11-5-12-20-47)54-34-38-62(68)58(42-54)48-21-13-6-14-22-48/h3-42,65-68H,1-2H3. The lowest BCUT2D eigenvalue weighted by molar-refractivity contribution is 0.691. The van der Waals surface area contributed by atoms with Gasteiger partial charge in [-0.05, 0) is 151 Å². The Bertz CT molecular complexity index is 2960. The summed E-state index contributed by atoms with van der Waals surface area (Å²) in [5.74, 6) is 0. The summed E-state index contributed by atoms with van der Waals surface area (Å²) >= 11 is 19.8. The third-order valence-corrected chi connectivity index (χ3v) is 15.5. The van der Waals surface area contributed by atoms with Crippen molar-refractivity contribution in [2.75, 3.05) is 0 Å². The van der Waals surface area contributed by atoms with E-state index < -0.39 is 10.8 Å². The average molecular weight is 947 g/mol. The summed E-state index contributed by atoms with van der Waals surface area (Å²) in [7, 11) is 0. The van der Waals surface area contributed by atoms with Gasteiger partial charge in [0.05, 0.1) is 0 Å². The highest BCUT2D eigenvalue weighted by Gasteiger charge is 2.34. The van der Waals surface area contributed by atoms with Gasteiger partial charge in [0, 0.05) is 30.4 Å². The molecule has 0 radical (unpaired) electrons. The van der Waals surface area contributed by atoms with Crippen molar-refractivity contribution in [3.05, 3.63) is 276 Å². The summed E-state index contributed by atoms with van der Waals surface area (Å²) in [6.45, 7) is 4.68. The molecule has 0 nitrogen and oxygen atoms in total. The van der Waals surface area contributed by atoms with Gasteiger partial charge >= 0.3 is 0 Å². The lowest BCUT2D eigenvalue weighted by Gasteiger charge is -2.34. The first-order valence-corrected chi connectivity index (χ1v) is 24.7. The Kier molecular flexibility index (Phi) is 12.9. The van der Waals surface area contributed by atoms with Gasteiger partial charge in [-0.15, -0.1) is 50.5 Å². The van der Waals surface area contributed by atoms with E-state index >= 15 is 0 Å². The molecule has 68 heavy (non-hydrogen) atoms. The highest BCUT2D eigenvalue weighted by Crippen LogP contribution is 2.46. The maximum atomic E-state index is 4.96. The monoisotopic (exact) mass is 946 g/mol. The lowest BCUT2D eigenvalue weighted by Crippen LogP contribution is -2.26. The van der Waals surface area contributed by atoms with E-state index in [0.29, 0.717) is 0 Å². The Morgan fingerprint density at radius 2 is 0.426 bits per heavy atom. The minimum atomic E-state index is -0.525. The van der Waals surface area contributed by atoms with Crippen molar-refractivity contribution in [3.8, 4) is 55.6 Å². The first kappa shape index (κ1) is 45.4. The van der Waals surface area contributed by atoms with Crippen molar-refractivity contribution in [2.24, 2.45) is 0 Å². The highest BCUT2D eigenvalue weighted by atomic mass is 32.1. The van der Waals surface area contributed by atoms with Crippen LogP contribution in [0.1, 0.15) is 47.2 Å². The quantitative estimate of drug-likeness (QED) is 0.0721. The molecule has 0 aliphatic rings. The van der Waals surface area contributed by atoms with Crippen LogP contribution in [-0.2, 0) is 10.8 Å². The van der Waals surface area contributed by atoms with Crippen LogP contribution >= 0.6 is 50.5 Å². The van der Waals surface area contributed by atoms with Gasteiger partial charge in [0.25, 0.3) is 0 Å². The molecule has 0 aromatic heterocycles. The first-order chi connectivity index (χ1) is 33.1. The van der Waals surface area contributed by atoms with Crippen molar-refractivity contribution in [1.29, 1.82) is 0 Å². The molecule has 0 unspecified atom stereocenters. The predicted octanol–water partition coefficient (Wildman–Crippen LogP) is 17.9. The maximum absolute atomic E-state index is 4.96. The molecule has 0 bridgehead atoms. The summed E-state index contributed by atoms with van der Waals surface area (Å²) in [6.07, 6.45) is 0. The molecule has 0 N–H and O–H groups in total. The third-order valence-electron chi connectivity index (χ3n) is 13.9. The van der Waals surface area contributed by atoms with Crippen LogP contribution in [0.4, 0.5) is 0 Å². The summed E-state index contributed by atoms with van der Waals surface area (Å²) < 4.78 is 0. The number of rotatable bonds is 11. The van der Waals surface area contributed by atoms with Crippen molar-refractivity contribution in [1.82, 2.24) is 0 Å². The van der Waals surface area contributed by atoms with E-state index in [9.17, 15) is 0 Å². The molecule has 10 rings (SSSR count). The molecule has 330 valence electrons. The van der Waals surface area contributed by atoms with Gasteiger partial charge in [-0.2, -0.15) is 0 Å². The zero-order chi connectivity index (χ0) is 46.8. The van der Waals surface area contributed by atoms with Crippen LogP contribution in [0, 0.1) is 0 Å². The van der Waals surface area contributed by atoms with E-state index in [-0.39, 0.29) is 0 Å². The molecule has 0 atom stereocenters. The fraction of sp³-hybridized carbons (Fsp3) is 0.0625.